The molecule has 7 N–H and O–H groups in total. The molecule has 0 radical (unpaired) electrons. The smallest absolute Gasteiger partial charge is 0.200 e. The first-order chi connectivity index (χ1) is 10.5. The van der Waals surface area contributed by atoms with Gasteiger partial charge >= 0.3 is 0 Å². The molecule has 5 atom stereocenters. The molecule has 10 heteroatoms. The van der Waals surface area contributed by atoms with Gasteiger partial charge in [0.05, 0.1) is 31.3 Å². The zero-order valence-electron chi connectivity index (χ0n) is 11.7. The van der Waals surface area contributed by atoms with Crippen LogP contribution in [-0.2, 0) is 11.3 Å². The molecular formula is C12H19N5O5. The highest BCUT2D eigenvalue weighted by Crippen LogP contribution is 2.28. The number of rotatable bonds is 2. The Morgan fingerprint density at radius 2 is 2.14 bits per heavy atom. The van der Waals surface area contributed by atoms with Crippen molar-refractivity contribution in [2.75, 3.05) is 6.61 Å². The van der Waals surface area contributed by atoms with Gasteiger partial charge in [0.25, 0.3) is 0 Å². The van der Waals surface area contributed by atoms with Gasteiger partial charge < -0.3 is 40.8 Å². The SMILES string of the molecule is NC1=Nc2nc[nH]c2CN1C1C[C@@H](O)[C@@H](O)[C@H](O)[C@@H](CO)O1. The molecule has 3 rings (SSSR count). The third-order valence-corrected chi connectivity index (χ3v) is 3.97. The van der Waals surface area contributed by atoms with Gasteiger partial charge in [-0.05, 0) is 0 Å². The van der Waals surface area contributed by atoms with Crippen molar-refractivity contribution in [3.8, 4) is 0 Å². The third kappa shape index (κ3) is 2.55. The number of aliphatic hydroxyl groups excluding tert-OH is 4. The van der Waals surface area contributed by atoms with Crippen molar-refractivity contribution in [3.05, 3.63) is 12.0 Å². The largest absolute Gasteiger partial charge is 0.394 e. The number of aromatic nitrogens is 2. The molecule has 0 spiro atoms. The number of imidazole rings is 1. The lowest BCUT2D eigenvalue weighted by molar-refractivity contribution is -0.139. The van der Waals surface area contributed by atoms with E-state index in [1.54, 1.807) is 4.90 Å². The Morgan fingerprint density at radius 1 is 1.36 bits per heavy atom. The minimum absolute atomic E-state index is 0.00835. The standard InChI is InChI=1S/C12H19N5O5/c13-12-16-11-5(14-4-15-11)2-17(12)8-1-6(19)9(20)10(21)7(3-18)22-8/h4,6-10,18-21H,1-3H2,(H2,13,16)(H,14,15)/t6-,7-,8?,9-,10-/m1/s1. The van der Waals surface area contributed by atoms with Gasteiger partial charge in [0.1, 0.15) is 24.5 Å². The summed E-state index contributed by atoms with van der Waals surface area (Å²) >= 11 is 0. The van der Waals surface area contributed by atoms with E-state index in [4.69, 9.17) is 10.5 Å². The maximum Gasteiger partial charge on any atom is 0.200 e. The number of guanidine groups is 1. The highest BCUT2D eigenvalue weighted by Gasteiger charge is 2.41. The first-order valence-corrected chi connectivity index (χ1v) is 6.94. The molecule has 0 amide bonds. The number of fused-ring (bicyclic) bond motifs is 1. The predicted octanol–water partition coefficient (Wildman–Crippen LogP) is -2.64. The van der Waals surface area contributed by atoms with Gasteiger partial charge in [-0.15, -0.1) is 0 Å². The van der Waals surface area contributed by atoms with Crippen LogP contribution < -0.4 is 5.73 Å². The number of H-pyrrole nitrogens is 1. The molecule has 1 aromatic heterocycles. The van der Waals surface area contributed by atoms with Crippen molar-refractivity contribution >= 4 is 11.8 Å². The number of hydrogen-bond donors (Lipinski definition) is 6. The molecule has 1 unspecified atom stereocenters. The van der Waals surface area contributed by atoms with Crippen LogP contribution in [0.2, 0.25) is 0 Å². The maximum atomic E-state index is 9.98. The van der Waals surface area contributed by atoms with Crippen LogP contribution in [0.15, 0.2) is 11.3 Å². The highest BCUT2D eigenvalue weighted by molar-refractivity contribution is 5.82. The summed E-state index contributed by atoms with van der Waals surface area (Å²) in [5.41, 5.74) is 6.64. The number of nitrogens with one attached hydrogen (secondary N) is 1. The molecule has 3 heterocycles. The van der Waals surface area contributed by atoms with E-state index in [9.17, 15) is 20.4 Å². The molecule has 1 fully saturated rings. The van der Waals surface area contributed by atoms with E-state index < -0.39 is 37.3 Å². The molecule has 1 saturated heterocycles. The fourth-order valence-electron chi connectivity index (χ4n) is 2.68. The van der Waals surface area contributed by atoms with Crippen LogP contribution in [0.4, 0.5) is 5.82 Å². The van der Waals surface area contributed by atoms with E-state index in [2.05, 4.69) is 15.0 Å². The minimum atomic E-state index is -1.41. The normalized spacial score (nSPS) is 35.7. The summed E-state index contributed by atoms with van der Waals surface area (Å²) in [6, 6.07) is 0. The van der Waals surface area contributed by atoms with Crippen molar-refractivity contribution < 1.29 is 25.2 Å². The summed E-state index contributed by atoms with van der Waals surface area (Å²) in [4.78, 5) is 12.7. The summed E-state index contributed by atoms with van der Waals surface area (Å²) in [6.45, 7) is -0.173. The van der Waals surface area contributed by atoms with Gasteiger partial charge in [0, 0.05) is 6.42 Å². The van der Waals surface area contributed by atoms with Crippen LogP contribution in [0.25, 0.3) is 0 Å². The Morgan fingerprint density at radius 3 is 2.86 bits per heavy atom. The van der Waals surface area contributed by atoms with Crippen molar-refractivity contribution in [2.24, 2.45) is 10.7 Å². The molecule has 0 aliphatic carbocycles. The molecule has 0 saturated carbocycles. The van der Waals surface area contributed by atoms with Crippen LogP contribution in [-0.4, -0.2) is 78.5 Å². The van der Waals surface area contributed by atoms with E-state index >= 15 is 0 Å². The summed E-state index contributed by atoms with van der Waals surface area (Å²) < 4.78 is 5.63. The molecule has 2 aliphatic heterocycles. The van der Waals surface area contributed by atoms with Crippen LogP contribution in [0.5, 0.6) is 0 Å². The van der Waals surface area contributed by atoms with E-state index in [-0.39, 0.29) is 12.4 Å². The lowest BCUT2D eigenvalue weighted by atomic mass is 10.0. The average Bonchev–Trinajstić information content (AvgIpc) is 2.92. The maximum absolute atomic E-state index is 9.98. The van der Waals surface area contributed by atoms with Crippen LogP contribution >= 0.6 is 0 Å². The van der Waals surface area contributed by atoms with Crippen molar-refractivity contribution in [1.29, 1.82) is 0 Å². The Hall–Kier alpha value is -1.72. The molecular weight excluding hydrogens is 294 g/mol. The van der Waals surface area contributed by atoms with Gasteiger partial charge in [-0.1, -0.05) is 0 Å². The van der Waals surface area contributed by atoms with Gasteiger partial charge in [-0.3, -0.25) is 0 Å². The van der Waals surface area contributed by atoms with E-state index in [0.717, 1.165) is 5.69 Å². The fraction of sp³-hybridized carbons (Fsp3) is 0.667. The molecule has 10 nitrogen and oxygen atoms in total. The second-order valence-corrected chi connectivity index (χ2v) is 5.40. The van der Waals surface area contributed by atoms with Crippen molar-refractivity contribution in [3.63, 3.8) is 0 Å². The quantitative estimate of drug-likeness (QED) is 0.345. The summed E-state index contributed by atoms with van der Waals surface area (Å²) in [5, 5.41) is 39.1. The number of nitrogens with zero attached hydrogens (tertiary/aromatic N) is 3. The van der Waals surface area contributed by atoms with Crippen LogP contribution in [0.3, 0.4) is 0 Å². The van der Waals surface area contributed by atoms with Gasteiger partial charge in [0.2, 0.25) is 0 Å². The fourth-order valence-corrected chi connectivity index (χ4v) is 2.68. The minimum Gasteiger partial charge on any atom is -0.394 e. The molecule has 22 heavy (non-hydrogen) atoms. The predicted molar refractivity (Wildman–Crippen MR) is 73.8 cm³/mol. The molecule has 2 aliphatic rings. The Balaban J connectivity index is 1.84. The van der Waals surface area contributed by atoms with E-state index in [1.807, 2.05) is 0 Å². The number of aromatic amines is 1. The number of hydrogen-bond acceptors (Lipinski definition) is 9. The molecule has 0 aromatic carbocycles. The summed E-state index contributed by atoms with van der Waals surface area (Å²) in [7, 11) is 0. The van der Waals surface area contributed by atoms with E-state index in [0.29, 0.717) is 12.4 Å². The zero-order valence-corrected chi connectivity index (χ0v) is 11.7. The first kappa shape index (κ1) is 15.2. The van der Waals surface area contributed by atoms with Crippen LogP contribution in [0, 0.1) is 0 Å². The zero-order chi connectivity index (χ0) is 15.9. The molecule has 122 valence electrons. The van der Waals surface area contributed by atoms with Crippen LogP contribution in [0.1, 0.15) is 12.1 Å². The lowest BCUT2D eigenvalue weighted by Gasteiger charge is -2.35. The van der Waals surface area contributed by atoms with E-state index in [1.165, 1.54) is 6.33 Å². The van der Waals surface area contributed by atoms with Crippen molar-refractivity contribution in [1.82, 2.24) is 14.9 Å². The second kappa shape index (κ2) is 5.82. The highest BCUT2D eigenvalue weighted by atomic mass is 16.5. The van der Waals surface area contributed by atoms with Gasteiger partial charge in [0.15, 0.2) is 11.8 Å². The number of aliphatic hydroxyl groups is 4. The van der Waals surface area contributed by atoms with Crippen molar-refractivity contribution in [2.45, 2.75) is 43.6 Å². The lowest BCUT2D eigenvalue weighted by Crippen LogP contribution is -2.49. The third-order valence-electron chi connectivity index (χ3n) is 3.97. The number of aliphatic imine (C=N–C) groups is 1. The Bertz CT molecular complexity index is 564. The number of nitrogens with two attached hydrogens (primary N) is 1. The number of ether oxygens (including phenoxy) is 1. The topological polar surface area (TPSA) is 160 Å². The molecule has 0 bridgehead atoms. The first-order valence-electron chi connectivity index (χ1n) is 6.94. The summed E-state index contributed by atoms with van der Waals surface area (Å²) in [5.74, 6) is 0.640. The van der Waals surface area contributed by atoms with Gasteiger partial charge in [-0.2, -0.15) is 4.99 Å². The summed E-state index contributed by atoms with van der Waals surface area (Å²) in [6.07, 6.45) is -4.30. The average molecular weight is 313 g/mol. The Kier molecular flexibility index (Phi) is 4.02. The molecule has 1 aromatic rings. The Labute approximate surface area is 125 Å². The monoisotopic (exact) mass is 313 g/mol. The second-order valence-electron chi connectivity index (χ2n) is 5.40. The van der Waals surface area contributed by atoms with Gasteiger partial charge in [-0.25, -0.2) is 4.98 Å².